The molecule has 2 rings (SSSR count). The molecule has 0 aliphatic carbocycles. The number of methoxy groups -OCH3 is 1. The van der Waals surface area contributed by atoms with E-state index in [-0.39, 0.29) is 11.7 Å². The molecular weight excluding hydrogens is 272 g/mol. The second kappa shape index (κ2) is 6.85. The second-order valence-electron chi connectivity index (χ2n) is 4.70. The van der Waals surface area contributed by atoms with Gasteiger partial charge in [0.25, 0.3) is 5.69 Å². The van der Waals surface area contributed by atoms with E-state index in [2.05, 4.69) is 10.4 Å². The molecule has 0 saturated carbocycles. The van der Waals surface area contributed by atoms with E-state index < -0.39 is 4.92 Å². The molecule has 0 bridgehead atoms. The summed E-state index contributed by atoms with van der Waals surface area (Å²) in [5.41, 5.74) is 1.97. The minimum atomic E-state index is -0.401. The van der Waals surface area contributed by atoms with Crippen LogP contribution in [0.1, 0.15) is 18.5 Å². The molecule has 0 fully saturated rings. The van der Waals surface area contributed by atoms with Gasteiger partial charge in [0.1, 0.15) is 0 Å². The lowest BCUT2D eigenvalue weighted by Crippen LogP contribution is -2.06. The summed E-state index contributed by atoms with van der Waals surface area (Å²) in [7, 11) is 1.65. The SMILES string of the molecule is COCCn1cc(NC(C)c2ccc([N+](=O)[O-])cc2)cn1. The van der Waals surface area contributed by atoms with Gasteiger partial charge >= 0.3 is 0 Å². The Kier molecular flexibility index (Phi) is 4.89. The molecule has 1 N–H and O–H groups in total. The number of hydrogen-bond donors (Lipinski definition) is 1. The van der Waals surface area contributed by atoms with Crippen molar-refractivity contribution < 1.29 is 9.66 Å². The van der Waals surface area contributed by atoms with Gasteiger partial charge in [-0.05, 0) is 12.5 Å². The third kappa shape index (κ3) is 4.03. The van der Waals surface area contributed by atoms with Crippen molar-refractivity contribution >= 4 is 11.4 Å². The molecule has 1 heterocycles. The maximum atomic E-state index is 10.6. The number of nitrogens with one attached hydrogen (secondary N) is 1. The van der Waals surface area contributed by atoms with Crippen molar-refractivity contribution in [1.82, 2.24) is 9.78 Å². The number of anilines is 1. The lowest BCUT2D eigenvalue weighted by Gasteiger charge is -2.13. The lowest BCUT2D eigenvalue weighted by atomic mass is 10.1. The first-order valence-corrected chi connectivity index (χ1v) is 6.62. The summed E-state index contributed by atoms with van der Waals surface area (Å²) < 4.78 is 6.80. The number of nitrogens with zero attached hydrogens (tertiary/aromatic N) is 3. The molecule has 112 valence electrons. The molecule has 1 aromatic carbocycles. The maximum Gasteiger partial charge on any atom is 0.269 e. The predicted molar refractivity (Wildman–Crippen MR) is 79.2 cm³/mol. The van der Waals surface area contributed by atoms with E-state index in [4.69, 9.17) is 4.74 Å². The summed E-state index contributed by atoms with van der Waals surface area (Å²) in [6.07, 6.45) is 3.65. The van der Waals surface area contributed by atoms with Crippen molar-refractivity contribution in [1.29, 1.82) is 0 Å². The van der Waals surface area contributed by atoms with Crippen LogP contribution in [0.2, 0.25) is 0 Å². The summed E-state index contributed by atoms with van der Waals surface area (Å²) in [6, 6.07) is 6.56. The molecule has 0 aliphatic rings. The molecule has 1 atom stereocenters. The zero-order valence-electron chi connectivity index (χ0n) is 12.0. The van der Waals surface area contributed by atoms with Crippen molar-refractivity contribution in [2.45, 2.75) is 19.5 Å². The predicted octanol–water partition coefficient (Wildman–Crippen LogP) is 2.61. The van der Waals surface area contributed by atoms with Gasteiger partial charge in [-0.1, -0.05) is 12.1 Å². The van der Waals surface area contributed by atoms with Crippen LogP contribution in [0.5, 0.6) is 0 Å². The molecule has 0 saturated heterocycles. The van der Waals surface area contributed by atoms with Crippen LogP contribution in [0.3, 0.4) is 0 Å². The number of ether oxygens (including phenoxy) is 1. The highest BCUT2D eigenvalue weighted by molar-refractivity contribution is 5.43. The van der Waals surface area contributed by atoms with Gasteiger partial charge in [-0.3, -0.25) is 14.8 Å². The van der Waals surface area contributed by atoms with Crippen LogP contribution < -0.4 is 5.32 Å². The number of non-ortho nitro benzene ring substituents is 1. The van der Waals surface area contributed by atoms with Crippen molar-refractivity contribution in [3.63, 3.8) is 0 Å². The Balaban J connectivity index is 1.98. The van der Waals surface area contributed by atoms with Crippen LogP contribution in [0, 0.1) is 10.1 Å². The molecule has 0 aliphatic heterocycles. The highest BCUT2D eigenvalue weighted by atomic mass is 16.6. The lowest BCUT2D eigenvalue weighted by molar-refractivity contribution is -0.384. The van der Waals surface area contributed by atoms with Gasteiger partial charge in [-0.15, -0.1) is 0 Å². The third-order valence-electron chi connectivity index (χ3n) is 3.14. The highest BCUT2D eigenvalue weighted by Gasteiger charge is 2.09. The number of benzene rings is 1. The Hall–Kier alpha value is -2.41. The first-order valence-electron chi connectivity index (χ1n) is 6.62. The van der Waals surface area contributed by atoms with E-state index in [1.54, 1.807) is 30.1 Å². The Morgan fingerprint density at radius 3 is 2.76 bits per heavy atom. The molecule has 2 aromatic rings. The number of hydrogen-bond acceptors (Lipinski definition) is 5. The first-order chi connectivity index (χ1) is 10.1. The van der Waals surface area contributed by atoms with Gasteiger partial charge < -0.3 is 10.1 Å². The topological polar surface area (TPSA) is 82.2 Å². The van der Waals surface area contributed by atoms with E-state index in [1.807, 2.05) is 13.1 Å². The van der Waals surface area contributed by atoms with Gasteiger partial charge in [0.05, 0.1) is 30.0 Å². The van der Waals surface area contributed by atoms with Crippen molar-refractivity contribution in [2.75, 3.05) is 19.0 Å². The molecule has 1 unspecified atom stereocenters. The summed E-state index contributed by atoms with van der Waals surface area (Å²) in [4.78, 5) is 10.2. The molecule has 1 aromatic heterocycles. The van der Waals surface area contributed by atoms with Gasteiger partial charge in [0, 0.05) is 31.5 Å². The van der Waals surface area contributed by atoms with Gasteiger partial charge in [0.15, 0.2) is 0 Å². The van der Waals surface area contributed by atoms with E-state index >= 15 is 0 Å². The van der Waals surface area contributed by atoms with Crippen LogP contribution in [-0.2, 0) is 11.3 Å². The van der Waals surface area contributed by atoms with Crippen molar-refractivity contribution in [3.8, 4) is 0 Å². The van der Waals surface area contributed by atoms with Gasteiger partial charge in [0.2, 0.25) is 0 Å². The number of rotatable bonds is 7. The summed E-state index contributed by atoms with van der Waals surface area (Å²) in [5.74, 6) is 0. The van der Waals surface area contributed by atoms with E-state index in [9.17, 15) is 10.1 Å². The van der Waals surface area contributed by atoms with Gasteiger partial charge in [-0.25, -0.2) is 0 Å². The van der Waals surface area contributed by atoms with Crippen molar-refractivity contribution in [3.05, 3.63) is 52.3 Å². The van der Waals surface area contributed by atoms with Crippen LogP contribution in [0.4, 0.5) is 11.4 Å². The monoisotopic (exact) mass is 290 g/mol. The minimum absolute atomic E-state index is 0.0332. The highest BCUT2D eigenvalue weighted by Crippen LogP contribution is 2.21. The zero-order chi connectivity index (χ0) is 15.2. The smallest absolute Gasteiger partial charge is 0.269 e. The van der Waals surface area contributed by atoms with Crippen LogP contribution in [-0.4, -0.2) is 28.4 Å². The largest absolute Gasteiger partial charge is 0.383 e. The fourth-order valence-electron chi connectivity index (χ4n) is 1.96. The Morgan fingerprint density at radius 2 is 2.14 bits per heavy atom. The molecular formula is C14H18N4O3. The van der Waals surface area contributed by atoms with E-state index in [0.29, 0.717) is 13.2 Å². The first kappa shape index (κ1) is 15.0. The Labute approximate surface area is 122 Å². The number of nitro benzene ring substituents is 1. The van der Waals surface area contributed by atoms with E-state index in [0.717, 1.165) is 11.3 Å². The molecule has 7 heteroatoms. The average Bonchev–Trinajstić information content (AvgIpc) is 2.92. The Bertz CT molecular complexity index is 595. The summed E-state index contributed by atoms with van der Waals surface area (Å²) >= 11 is 0. The summed E-state index contributed by atoms with van der Waals surface area (Å²) in [6.45, 7) is 3.30. The van der Waals surface area contributed by atoms with Crippen LogP contribution >= 0.6 is 0 Å². The quantitative estimate of drug-likeness (QED) is 0.626. The second-order valence-corrected chi connectivity index (χ2v) is 4.70. The van der Waals surface area contributed by atoms with E-state index in [1.165, 1.54) is 12.1 Å². The molecule has 0 radical (unpaired) electrons. The molecule has 21 heavy (non-hydrogen) atoms. The third-order valence-corrected chi connectivity index (χ3v) is 3.14. The average molecular weight is 290 g/mol. The molecule has 0 spiro atoms. The minimum Gasteiger partial charge on any atom is -0.383 e. The van der Waals surface area contributed by atoms with Crippen molar-refractivity contribution in [2.24, 2.45) is 0 Å². The number of nitro groups is 1. The molecule has 0 amide bonds. The van der Waals surface area contributed by atoms with Crippen LogP contribution in [0.25, 0.3) is 0 Å². The summed E-state index contributed by atoms with van der Waals surface area (Å²) in [5, 5.41) is 18.2. The standard InChI is InChI=1S/C14H18N4O3/c1-11(12-3-5-14(6-4-12)18(19)20)16-13-9-15-17(10-13)7-8-21-2/h3-6,9-11,16H,7-8H2,1-2H3. The zero-order valence-corrected chi connectivity index (χ0v) is 12.0. The number of aromatic nitrogens is 2. The Morgan fingerprint density at radius 1 is 1.43 bits per heavy atom. The fraction of sp³-hybridized carbons (Fsp3) is 0.357. The van der Waals surface area contributed by atoms with Gasteiger partial charge in [-0.2, -0.15) is 5.10 Å². The molecule has 7 nitrogen and oxygen atoms in total. The maximum absolute atomic E-state index is 10.6. The fourth-order valence-corrected chi connectivity index (χ4v) is 1.96. The normalized spacial score (nSPS) is 12.1. The van der Waals surface area contributed by atoms with Crippen LogP contribution in [0.15, 0.2) is 36.7 Å².